The number of halogens is 2. The molecule has 1 heterocycles. The molecule has 1 saturated heterocycles. The molecule has 0 spiro atoms. The summed E-state index contributed by atoms with van der Waals surface area (Å²) in [5.74, 6) is -1.81. The highest BCUT2D eigenvalue weighted by atomic mass is 35.5. The summed E-state index contributed by atoms with van der Waals surface area (Å²) >= 11 is 12.6. The van der Waals surface area contributed by atoms with E-state index < -0.39 is 33.3 Å². The van der Waals surface area contributed by atoms with E-state index in [1.54, 1.807) is 0 Å². The molecule has 192 valence electrons. The van der Waals surface area contributed by atoms with Crippen molar-refractivity contribution in [2.24, 2.45) is 0 Å². The number of nitrogens with zero attached hydrogens (tertiary/aromatic N) is 3. The van der Waals surface area contributed by atoms with E-state index in [0.29, 0.717) is 10.5 Å². The molecule has 12 nitrogen and oxygen atoms in total. The number of hydrogen-bond donors (Lipinski definition) is 1. The van der Waals surface area contributed by atoms with Gasteiger partial charge in [-0.2, -0.15) is 0 Å². The molecule has 0 saturated carbocycles. The number of anilines is 1. The van der Waals surface area contributed by atoms with Crippen LogP contribution >= 0.6 is 23.2 Å². The Kier molecular flexibility index (Phi) is 7.37. The summed E-state index contributed by atoms with van der Waals surface area (Å²) in [7, 11) is 0. The Hall–Kier alpha value is -4.81. The molecule has 0 aliphatic carbocycles. The number of imide groups is 2. The van der Waals surface area contributed by atoms with E-state index in [0.717, 1.165) is 12.1 Å². The number of rotatable bonds is 7. The van der Waals surface area contributed by atoms with Crippen molar-refractivity contribution >= 4 is 64.2 Å². The average molecular weight is 557 g/mol. The topological polar surface area (TPSA) is 162 Å². The monoisotopic (exact) mass is 556 g/mol. The van der Waals surface area contributed by atoms with Crippen LogP contribution in [0.2, 0.25) is 10.0 Å². The third kappa shape index (κ3) is 5.45. The maximum absolute atomic E-state index is 13.0. The number of urea groups is 1. The highest BCUT2D eigenvalue weighted by Crippen LogP contribution is 2.36. The van der Waals surface area contributed by atoms with Crippen LogP contribution in [0.15, 0.2) is 66.2 Å². The van der Waals surface area contributed by atoms with Gasteiger partial charge in [0.25, 0.3) is 23.2 Å². The number of benzene rings is 3. The Labute approximate surface area is 223 Å². The summed E-state index contributed by atoms with van der Waals surface area (Å²) < 4.78 is 5.66. The molecule has 1 fully saturated rings. The average Bonchev–Trinajstić information content (AvgIpc) is 2.86. The minimum absolute atomic E-state index is 0.00503. The number of nitro groups is 2. The minimum atomic E-state index is -1.02. The van der Waals surface area contributed by atoms with E-state index >= 15 is 0 Å². The number of nitrogens with one attached hydrogen (secondary N) is 1. The molecule has 1 aliphatic heterocycles. The largest absolute Gasteiger partial charge is 0.486 e. The number of barbiturate groups is 1. The molecule has 1 N–H and O–H groups in total. The summed E-state index contributed by atoms with van der Waals surface area (Å²) in [6.45, 7) is 0.00503. The van der Waals surface area contributed by atoms with Crippen molar-refractivity contribution in [1.82, 2.24) is 5.32 Å². The SMILES string of the molecule is O=C1NC(=O)N(c2ccc([N+](=O)[O-])cc2)C(=O)/C1=C/c1cc(Cl)c(OCc2ccc([N+](=O)[O-])cc2)c(Cl)c1. The first-order valence-corrected chi connectivity index (χ1v) is 11.3. The Morgan fingerprint density at radius 1 is 0.868 bits per heavy atom. The number of non-ortho nitro benzene ring substituents is 2. The van der Waals surface area contributed by atoms with Crippen molar-refractivity contribution in [3.8, 4) is 5.75 Å². The molecule has 3 aromatic carbocycles. The van der Waals surface area contributed by atoms with Crippen LogP contribution < -0.4 is 15.0 Å². The zero-order chi connectivity index (χ0) is 27.6. The summed E-state index contributed by atoms with van der Waals surface area (Å²) in [5, 5.41) is 23.8. The van der Waals surface area contributed by atoms with E-state index in [1.165, 1.54) is 54.6 Å². The molecular weight excluding hydrogens is 543 g/mol. The van der Waals surface area contributed by atoms with Gasteiger partial charge in [0, 0.05) is 24.3 Å². The normalized spacial score (nSPS) is 14.4. The third-order valence-corrected chi connectivity index (χ3v) is 5.84. The number of carbonyl (C=O) groups excluding carboxylic acids is 3. The Morgan fingerprint density at radius 3 is 1.92 bits per heavy atom. The lowest BCUT2D eigenvalue weighted by atomic mass is 10.1. The van der Waals surface area contributed by atoms with Crippen molar-refractivity contribution < 1.29 is 29.0 Å². The van der Waals surface area contributed by atoms with Crippen LogP contribution in [-0.2, 0) is 16.2 Å². The van der Waals surface area contributed by atoms with Crippen molar-refractivity contribution in [2.75, 3.05) is 4.90 Å². The summed E-state index contributed by atoms with van der Waals surface area (Å²) in [6.07, 6.45) is 1.18. The van der Waals surface area contributed by atoms with Crippen LogP contribution in [0.3, 0.4) is 0 Å². The van der Waals surface area contributed by atoms with Crippen LogP contribution in [-0.4, -0.2) is 27.7 Å². The number of ether oxygens (including phenoxy) is 1. The number of carbonyl (C=O) groups is 3. The van der Waals surface area contributed by atoms with Crippen molar-refractivity contribution in [3.63, 3.8) is 0 Å². The lowest BCUT2D eigenvalue weighted by Gasteiger charge is -2.26. The van der Waals surface area contributed by atoms with Gasteiger partial charge in [-0.25, -0.2) is 9.69 Å². The van der Waals surface area contributed by atoms with Gasteiger partial charge in [-0.1, -0.05) is 23.2 Å². The van der Waals surface area contributed by atoms with Gasteiger partial charge in [0.1, 0.15) is 12.2 Å². The van der Waals surface area contributed by atoms with Crippen molar-refractivity contribution in [1.29, 1.82) is 0 Å². The van der Waals surface area contributed by atoms with Gasteiger partial charge in [0.05, 0.1) is 25.6 Å². The molecule has 3 aromatic rings. The molecular formula is C24H14Cl2N4O8. The van der Waals surface area contributed by atoms with Gasteiger partial charge in [0.2, 0.25) is 0 Å². The maximum atomic E-state index is 13.0. The summed E-state index contributed by atoms with van der Waals surface area (Å²) in [4.78, 5) is 59.0. The van der Waals surface area contributed by atoms with Gasteiger partial charge in [-0.3, -0.25) is 35.1 Å². The van der Waals surface area contributed by atoms with Gasteiger partial charge in [0.15, 0.2) is 5.75 Å². The molecule has 0 unspecified atom stereocenters. The van der Waals surface area contributed by atoms with Crippen molar-refractivity contribution in [3.05, 3.63) is 108 Å². The van der Waals surface area contributed by atoms with Crippen molar-refractivity contribution in [2.45, 2.75) is 6.61 Å². The highest BCUT2D eigenvalue weighted by molar-refractivity contribution is 6.40. The van der Waals surface area contributed by atoms with E-state index in [1.807, 2.05) is 5.32 Å². The molecule has 1 aliphatic rings. The minimum Gasteiger partial charge on any atom is -0.486 e. The Balaban J connectivity index is 1.57. The molecule has 0 aromatic heterocycles. The second-order valence-corrected chi connectivity index (χ2v) is 8.57. The van der Waals surface area contributed by atoms with E-state index in [-0.39, 0.29) is 45.0 Å². The fourth-order valence-corrected chi connectivity index (χ4v) is 4.07. The molecule has 0 bridgehead atoms. The van der Waals surface area contributed by atoms with E-state index in [9.17, 15) is 34.6 Å². The highest BCUT2D eigenvalue weighted by Gasteiger charge is 2.37. The smallest absolute Gasteiger partial charge is 0.335 e. The van der Waals surface area contributed by atoms with Crippen LogP contribution in [0, 0.1) is 20.2 Å². The van der Waals surface area contributed by atoms with Gasteiger partial charge < -0.3 is 4.74 Å². The number of amides is 4. The predicted molar refractivity (Wildman–Crippen MR) is 136 cm³/mol. The molecule has 0 atom stereocenters. The standard InChI is InChI=1S/C24H14Cl2N4O8/c25-19-10-14(11-20(26)21(19)38-12-13-1-3-16(4-2-13)29(34)35)9-18-22(31)27-24(33)28(23(18)32)15-5-7-17(8-6-15)30(36)37/h1-11H,12H2,(H,27,31,33)/b18-9+. The lowest BCUT2D eigenvalue weighted by Crippen LogP contribution is -2.54. The van der Waals surface area contributed by atoms with E-state index in [4.69, 9.17) is 27.9 Å². The number of nitro benzene ring substituents is 2. The fraction of sp³-hybridized carbons (Fsp3) is 0.0417. The summed E-state index contributed by atoms with van der Waals surface area (Å²) in [6, 6.07) is 12.1. The maximum Gasteiger partial charge on any atom is 0.335 e. The first-order chi connectivity index (χ1) is 18.0. The zero-order valence-corrected chi connectivity index (χ0v) is 20.4. The molecule has 14 heteroatoms. The second kappa shape index (κ2) is 10.7. The fourth-order valence-electron chi connectivity index (χ4n) is 3.45. The first kappa shape index (κ1) is 26.3. The Morgan fingerprint density at radius 2 is 1.39 bits per heavy atom. The van der Waals surface area contributed by atoms with Gasteiger partial charge in [-0.15, -0.1) is 0 Å². The number of hydrogen-bond acceptors (Lipinski definition) is 8. The quantitative estimate of drug-likeness (QED) is 0.183. The second-order valence-electron chi connectivity index (χ2n) is 7.76. The van der Waals surface area contributed by atoms with Gasteiger partial charge in [-0.05, 0) is 53.6 Å². The van der Waals surface area contributed by atoms with Gasteiger partial charge >= 0.3 is 6.03 Å². The van der Waals surface area contributed by atoms with Crippen LogP contribution in [0.1, 0.15) is 11.1 Å². The molecule has 4 rings (SSSR count). The van der Waals surface area contributed by atoms with E-state index in [2.05, 4.69) is 0 Å². The molecule has 4 amide bonds. The van der Waals surface area contributed by atoms with Crippen LogP contribution in [0.4, 0.5) is 21.9 Å². The lowest BCUT2D eigenvalue weighted by molar-refractivity contribution is -0.385. The molecule has 0 radical (unpaired) electrons. The zero-order valence-electron chi connectivity index (χ0n) is 18.9. The molecule has 38 heavy (non-hydrogen) atoms. The first-order valence-electron chi connectivity index (χ1n) is 10.6. The predicted octanol–water partition coefficient (Wildman–Crippen LogP) is 5.06. The Bertz CT molecular complexity index is 1500. The van der Waals surface area contributed by atoms with Crippen LogP contribution in [0.5, 0.6) is 5.75 Å². The summed E-state index contributed by atoms with van der Waals surface area (Å²) in [5.41, 5.74) is 0.161. The third-order valence-electron chi connectivity index (χ3n) is 5.28. The van der Waals surface area contributed by atoms with Crippen LogP contribution in [0.25, 0.3) is 6.08 Å².